The third kappa shape index (κ3) is 3.47. The van der Waals surface area contributed by atoms with Crippen molar-refractivity contribution in [2.75, 3.05) is 12.4 Å². The zero-order valence-electron chi connectivity index (χ0n) is 11.9. The third-order valence-corrected chi connectivity index (χ3v) is 3.15. The Morgan fingerprint density at radius 1 is 1.53 bits per heavy atom. The lowest BCUT2D eigenvalue weighted by molar-refractivity contribution is -0.145. The molecule has 0 amide bonds. The van der Waals surface area contributed by atoms with E-state index in [9.17, 15) is 4.79 Å². The summed E-state index contributed by atoms with van der Waals surface area (Å²) in [7, 11) is 1.39. The van der Waals surface area contributed by atoms with Crippen LogP contribution in [0.15, 0.2) is 18.2 Å². The Balaban J connectivity index is 3.01. The van der Waals surface area contributed by atoms with Gasteiger partial charge in [-0.3, -0.25) is 0 Å². The van der Waals surface area contributed by atoms with Gasteiger partial charge in [-0.2, -0.15) is 5.26 Å². The predicted molar refractivity (Wildman–Crippen MR) is 74.8 cm³/mol. The van der Waals surface area contributed by atoms with E-state index in [4.69, 9.17) is 10.00 Å². The summed E-state index contributed by atoms with van der Waals surface area (Å²) in [4.78, 5) is 11.9. The van der Waals surface area contributed by atoms with Crippen molar-refractivity contribution in [3.05, 3.63) is 29.3 Å². The summed E-state index contributed by atoms with van der Waals surface area (Å²) < 4.78 is 4.86. The Kier molecular flexibility index (Phi) is 4.94. The molecule has 19 heavy (non-hydrogen) atoms. The number of ether oxygens (including phenoxy) is 1. The molecule has 0 fully saturated rings. The summed E-state index contributed by atoms with van der Waals surface area (Å²) in [5.74, 6) is -0.281. The Bertz CT molecular complexity index is 505. The standard InChI is InChI=1S/C15H20N2O2/c1-5-8-15(3,14(18)19-4)17-13-7-6-12(10-16)11(2)9-13/h6-7,9,17H,5,8H2,1-4H3. The first-order valence-electron chi connectivity index (χ1n) is 6.34. The van der Waals surface area contributed by atoms with Crippen LogP contribution in [0.1, 0.15) is 37.8 Å². The van der Waals surface area contributed by atoms with Crippen LogP contribution in [0.5, 0.6) is 0 Å². The van der Waals surface area contributed by atoms with Gasteiger partial charge in [-0.05, 0) is 44.0 Å². The molecule has 0 aliphatic rings. The quantitative estimate of drug-likeness (QED) is 0.827. The van der Waals surface area contributed by atoms with Gasteiger partial charge >= 0.3 is 5.97 Å². The van der Waals surface area contributed by atoms with Gasteiger partial charge in [0.25, 0.3) is 0 Å². The van der Waals surface area contributed by atoms with Crippen molar-refractivity contribution < 1.29 is 9.53 Å². The van der Waals surface area contributed by atoms with Gasteiger partial charge < -0.3 is 10.1 Å². The number of nitriles is 1. The van der Waals surface area contributed by atoms with Gasteiger partial charge in [-0.1, -0.05) is 13.3 Å². The summed E-state index contributed by atoms with van der Waals surface area (Å²) in [6.07, 6.45) is 1.55. The second-order valence-electron chi connectivity index (χ2n) is 4.84. The van der Waals surface area contributed by atoms with Gasteiger partial charge in [0.05, 0.1) is 18.7 Å². The van der Waals surface area contributed by atoms with Crippen LogP contribution in [0.3, 0.4) is 0 Å². The smallest absolute Gasteiger partial charge is 0.331 e. The monoisotopic (exact) mass is 260 g/mol. The maximum atomic E-state index is 11.9. The molecule has 1 unspecified atom stereocenters. The minimum Gasteiger partial charge on any atom is -0.467 e. The first-order valence-corrected chi connectivity index (χ1v) is 6.34. The number of benzene rings is 1. The van der Waals surface area contributed by atoms with Crippen molar-refractivity contribution in [1.29, 1.82) is 5.26 Å². The molecule has 1 aromatic carbocycles. The highest BCUT2D eigenvalue weighted by molar-refractivity contribution is 5.84. The molecule has 0 saturated carbocycles. The van der Waals surface area contributed by atoms with Crippen LogP contribution in [0.4, 0.5) is 5.69 Å². The molecule has 102 valence electrons. The first kappa shape index (κ1) is 15.0. The largest absolute Gasteiger partial charge is 0.467 e. The fourth-order valence-corrected chi connectivity index (χ4v) is 2.13. The lowest BCUT2D eigenvalue weighted by Gasteiger charge is -2.29. The van der Waals surface area contributed by atoms with E-state index in [0.29, 0.717) is 12.0 Å². The molecule has 1 rings (SSSR count). The number of anilines is 1. The van der Waals surface area contributed by atoms with Crippen molar-refractivity contribution in [2.45, 2.75) is 39.2 Å². The zero-order chi connectivity index (χ0) is 14.5. The van der Waals surface area contributed by atoms with Crippen molar-refractivity contribution in [3.63, 3.8) is 0 Å². The van der Waals surface area contributed by atoms with E-state index in [0.717, 1.165) is 17.7 Å². The number of nitrogens with zero attached hydrogens (tertiary/aromatic N) is 1. The van der Waals surface area contributed by atoms with Gasteiger partial charge in [0.1, 0.15) is 5.54 Å². The molecule has 0 aliphatic heterocycles. The third-order valence-electron chi connectivity index (χ3n) is 3.15. The fourth-order valence-electron chi connectivity index (χ4n) is 2.13. The highest BCUT2D eigenvalue weighted by Gasteiger charge is 2.33. The van der Waals surface area contributed by atoms with Crippen molar-refractivity contribution in [1.82, 2.24) is 0 Å². The maximum absolute atomic E-state index is 11.9. The summed E-state index contributed by atoms with van der Waals surface area (Å²) in [5.41, 5.74) is 1.60. The summed E-state index contributed by atoms with van der Waals surface area (Å²) >= 11 is 0. The number of hydrogen-bond acceptors (Lipinski definition) is 4. The molecule has 1 atom stereocenters. The number of rotatable bonds is 5. The SMILES string of the molecule is CCCC(C)(Nc1ccc(C#N)c(C)c1)C(=O)OC. The minimum atomic E-state index is -0.746. The lowest BCUT2D eigenvalue weighted by Crippen LogP contribution is -2.44. The normalized spacial score (nSPS) is 13.2. The predicted octanol–water partition coefficient (Wildman–Crippen LogP) is 3.01. The van der Waals surface area contributed by atoms with Crippen LogP contribution >= 0.6 is 0 Å². The van der Waals surface area contributed by atoms with E-state index in [2.05, 4.69) is 11.4 Å². The van der Waals surface area contributed by atoms with Gasteiger partial charge in [-0.25, -0.2) is 4.79 Å². The summed E-state index contributed by atoms with van der Waals surface area (Å²) in [5, 5.41) is 12.1. The average Bonchev–Trinajstić information content (AvgIpc) is 2.38. The van der Waals surface area contributed by atoms with Crippen LogP contribution in [0.2, 0.25) is 0 Å². The fraction of sp³-hybridized carbons (Fsp3) is 0.467. The Hall–Kier alpha value is -2.02. The van der Waals surface area contributed by atoms with Gasteiger partial charge in [-0.15, -0.1) is 0 Å². The minimum absolute atomic E-state index is 0.281. The van der Waals surface area contributed by atoms with Crippen molar-refractivity contribution in [3.8, 4) is 6.07 Å². The zero-order valence-corrected chi connectivity index (χ0v) is 11.9. The first-order chi connectivity index (χ1) is 8.96. The molecular weight excluding hydrogens is 240 g/mol. The average molecular weight is 260 g/mol. The lowest BCUT2D eigenvalue weighted by atomic mass is 9.95. The molecule has 0 radical (unpaired) electrons. The van der Waals surface area contributed by atoms with Crippen LogP contribution < -0.4 is 5.32 Å². The molecule has 0 saturated heterocycles. The molecule has 4 nitrogen and oxygen atoms in total. The van der Waals surface area contributed by atoms with Crippen LogP contribution in [-0.2, 0) is 9.53 Å². The van der Waals surface area contributed by atoms with Crippen LogP contribution in [0.25, 0.3) is 0 Å². The summed E-state index contributed by atoms with van der Waals surface area (Å²) in [6.45, 7) is 5.72. The van der Waals surface area contributed by atoms with E-state index < -0.39 is 5.54 Å². The van der Waals surface area contributed by atoms with E-state index in [-0.39, 0.29) is 5.97 Å². The number of aryl methyl sites for hydroxylation is 1. The van der Waals surface area contributed by atoms with E-state index in [1.807, 2.05) is 32.9 Å². The number of nitrogens with one attached hydrogen (secondary N) is 1. The van der Waals surface area contributed by atoms with Crippen LogP contribution in [0, 0.1) is 18.3 Å². The van der Waals surface area contributed by atoms with Gasteiger partial charge in [0, 0.05) is 5.69 Å². The second-order valence-corrected chi connectivity index (χ2v) is 4.84. The number of methoxy groups -OCH3 is 1. The van der Waals surface area contributed by atoms with E-state index >= 15 is 0 Å². The van der Waals surface area contributed by atoms with Gasteiger partial charge in [0.15, 0.2) is 0 Å². The topological polar surface area (TPSA) is 62.1 Å². The molecule has 0 aromatic heterocycles. The molecule has 4 heteroatoms. The highest BCUT2D eigenvalue weighted by Crippen LogP contribution is 2.23. The highest BCUT2D eigenvalue weighted by atomic mass is 16.5. The molecular formula is C15H20N2O2. The molecule has 0 aliphatic carbocycles. The number of hydrogen-bond donors (Lipinski definition) is 1. The molecule has 1 aromatic rings. The van der Waals surface area contributed by atoms with Crippen LogP contribution in [-0.4, -0.2) is 18.6 Å². The van der Waals surface area contributed by atoms with E-state index in [1.54, 1.807) is 6.07 Å². The van der Waals surface area contributed by atoms with Crippen molar-refractivity contribution >= 4 is 11.7 Å². The van der Waals surface area contributed by atoms with Crippen molar-refractivity contribution in [2.24, 2.45) is 0 Å². The molecule has 0 heterocycles. The number of esters is 1. The number of carbonyl (C=O) groups excluding carboxylic acids is 1. The molecule has 1 N–H and O–H groups in total. The Morgan fingerprint density at radius 2 is 2.21 bits per heavy atom. The summed E-state index contributed by atoms with van der Waals surface area (Å²) in [6, 6.07) is 7.55. The maximum Gasteiger partial charge on any atom is 0.331 e. The Labute approximate surface area is 114 Å². The van der Waals surface area contributed by atoms with E-state index in [1.165, 1.54) is 7.11 Å². The number of carbonyl (C=O) groups is 1. The Morgan fingerprint density at radius 3 is 2.68 bits per heavy atom. The second kappa shape index (κ2) is 6.24. The molecule has 0 bridgehead atoms. The molecule has 0 spiro atoms. The van der Waals surface area contributed by atoms with Gasteiger partial charge in [0.2, 0.25) is 0 Å².